The van der Waals surface area contributed by atoms with E-state index in [1.165, 1.54) is 12.1 Å². The van der Waals surface area contributed by atoms with Crippen LogP contribution in [0.1, 0.15) is 41.1 Å². The molecule has 1 saturated heterocycles. The van der Waals surface area contributed by atoms with Crippen molar-refractivity contribution in [1.29, 1.82) is 0 Å². The third-order valence-electron chi connectivity index (χ3n) is 6.75. The molecule has 0 atom stereocenters. The maximum absolute atomic E-state index is 14.2. The second-order valence-corrected chi connectivity index (χ2v) is 12.4. The van der Waals surface area contributed by atoms with Gasteiger partial charge in [0.15, 0.2) is 9.84 Å². The number of carbonyl (C=O) groups is 2. The van der Waals surface area contributed by atoms with Gasteiger partial charge in [-0.3, -0.25) is 14.2 Å². The smallest absolute Gasteiger partial charge is 0.250 e. The Morgan fingerprint density at radius 3 is 2.49 bits per heavy atom. The van der Waals surface area contributed by atoms with Crippen molar-refractivity contribution in [2.45, 2.75) is 26.7 Å². The molecule has 8 nitrogen and oxygen atoms in total. The van der Waals surface area contributed by atoms with E-state index in [1.807, 2.05) is 13.8 Å². The predicted molar refractivity (Wildman–Crippen MR) is 132 cm³/mol. The number of hydrazine groups is 1. The van der Waals surface area contributed by atoms with Gasteiger partial charge in [-0.2, -0.15) is 0 Å². The molecule has 1 aromatic heterocycles. The largest absolute Gasteiger partial charge is 0.366 e. The van der Waals surface area contributed by atoms with Crippen LogP contribution in [-0.2, 0) is 16.3 Å². The number of nitrogens with one attached hydrogen (secondary N) is 1. The lowest BCUT2D eigenvalue weighted by Crippen LogP contribution is -2.43. The molecule has 0 aliphatic carbocycles. The van der Waals surface area contributed by atoms with Gasteiger partial charge in [0.25, 0.3) is 5.91 Å². The second kappa shape index (κ2) is 8.17. The second-order valence-electron chi connectivity index (χ2n) is 10.1. The van der Waals surface area contributed by atoms with Crippen molar-refractivity contribution in [2.24, 2.45) is 11.1 Å². The van der Waals surface area contributed by atoms with Gasteiger partial charge in [-0.1, -0.05) is 19.9 Å². The first-order valence-electron chi connectivity index (χ1n) is 11.5. The number of fused-ring (bicyclic) bond motifs is 3. The van der Waals surface area contributed by atoms with Crippen molar-refractivity contribution in [3.63, 3.8) is 0 Å². The number of sulfone groups is 1. The maximum atomic E-state index is 14.2. The van der Waals surface area contributed by atoms with Crippen molar-refractivity contribution in [3.8, 4) is 11.1 Å². The number of amides is 1. The van der Waals surface area contributed by atoms with Crippen LogP contribution in [-0.4, -0.2) is 54.4 Å². The van der Waals surface area contributed by atoms with Crippen LogP contribution in [0.4, 0.5) is 10.1 Å². The summed E-state index contributed by atoms with van der Waals surface area (Å²) < 4.78 is 39.4. The van der Waals surface area contributed by atoms with Gasteiger partial charge in [-0.25, -0.2) is 17.8 Å². The predicted octanol–water partition coefficient (Wildman–Crippen LogP) is 3.22. The molecular formula is C25H27FN4O4S. The minimum atomic E-state index is -3.07. The Kier molecular flexibility index (Phi) is 5.48. The Bertz CT molecular complexity index is 1480. The fourth-order valence-corrected chi connectivity index (χ4v) is 6.30. The summed E-state index contributed by atoms with van der Waals surface area (Å²) in [5, 5.41) is 2.50. The molecule has 0 unspecified atom stereocenters. The van der Waals surface area contributed by atoms with Crippen molar-refractivity contribution in [2.75, 3.05) is 30.0 Å². The van der Waals surface area contributed by atoms with Gasteiger partial charge in [0.2, 0.25) is 5.91 Å². The third-order valence-corrected chi connectivity index (χ3v) is 8.36. The van der Waals surface area contributed by atoms with Gasteiger partial charge in [0, 0.05) is 36.2 Å². The van der Waals surface area contributed by atoms with E-state index in [0.717, 1.165) is 22.2 Å². The Balaban J connectivity index is 1.66. The van der Waals surface area contributed by atoms with Crippen LogP contribution in [0.15, 0.2) is 36.4 Å². The van der Waals surface area contributed by atoms with Gasteiger partial charge in [-0.05, 0) is 47.7 Å². The summed E-state index contributed by atoms with van der Waals surface area (Å²) in [6.45, 7) is 4.61. The zero-order valence-corrected chi connectivity index (χ0v) is 20.4. The quantitative estimate of drug-likeness (QED) is 0.571. The number of hydrogen-bond donors (Lipinski definition) is 2. The van der Waals surface area contributed by atoms with Crippen molar-refractivity contribution < 1.29 is 22.4 Å². The highest BCUT2D eigenvalue weighted by atomic mass is 32.2. The topological polar surface area (TPSA) is 114 Å². The lowest BCUT2D eigenvalue weighted by Gasteiger charge is -2.31. The van der Waals surface area contributed by atoms with Gasteiger partial charge in [0.1, 0.15) is 5.82 Å². The molecule has 5 rings (SSSR count). The highest BCUT2D eigenvalue weighted by molar-refractivity contribution is 7.91. The summed E-state index contributed by atoms with van der Waals surface area (Å²) in [4.78, 5) is 25.3. The number of benzene rings is 2. The molecule has 1 amide bonds. The molecule has 0 bridgehead atoms. The van der Waals surface area contributed by atoms with Crippen molar-refractivity contribution in [3.05, 3.63) is 53.5 Å². The number of carbonyl (C=O) groups excluding carboxylic acids is 2. The third kappa shape index (κ3) is 4.32. The standard InChI is InChI=1S/C25H27FN4O4S/c1-25(2)13-21-23(18-6-4-16(26)12-20(18)30(21)22(31)14-25)15-3-5-17(24(27)32)19(11-15)28-29-7-9-35(33,34)10-8-29/h3-6,11-12,28H,7-10,13-14H2,1-2H3,(H2,27,32). The van der Waals surface area contributed by atoms with Gasteiger partial charge in [-0.15, -0.1) is 0 Å². The van der Waals surface area contributed by atoms with Crippen LogP contribution in [0.3, 0.4) is 0 Å². The number of anilines is 1. The monoisotopic (exact) mass is 498 g/mol. The fraction of sp³-hybridized carbons (Fsp3) is 0.360. The van der Waals surface area contributed by atoms with Crippen LogP contribution < -0.4 is 11.2 Å². The van der Waals surface area contributed by atoms with E-state index in [2.05, 4.69) is 5.43 Å². The molecule has 2 aliphatic rings. The summed E-state index contributed by atoms with van der Waals surface area (Å²) in [7, 11) is -3.07. The SMILES string of the molecule is CC1(C)CC(=O)n2c(c(-c3ccc(C(N)=O)c(NN4CCS(=O)(=O)CC4)c3)c3ccc(F)cc32)C1. The molecule has 2 aromatic carbocycles. The van der Waals surface area contributed by atoms with E-state index in [4.69, 9.17) is 5.73 Å². The van der Waals surface area contributed by atoms with E-state index in [0.29, 0.717) is 24.0 Å². The Hall–Kier alpha value is -3.24. The van der Waals surface area contributed by atoms with Crippen molar-refractivity contribution in [1.82, 2.24) is 9.58 Å². The average Bonchev–Trinajstić information content (AvgIpc) is 3.07. The fourth-order valence-electron chi connectivity index (χ4n) is 5.09. The maximum Gasteiger partial charge on any atom is 0.250 e. The molecule has 3 N–H and O–H groups in total. The Morgan fingerprint density at radius 1 is 1.09 bits per heavy atom. The van der Waals surface area contributed by atoms with Crippen LogP contribution in [0, 0.1) is 11.2 Å². The van der Waals surface area contributed by atoms with Crippen LogP contribution in [0.5, 0.6) is 0 Å². The first-order valence-corrected chi connectivity index (χ1v) is 13.3. The lowest BCUT2D eigenvalue weighted by molar-refractivity contribution is 0.0816. The molecule has 3 aromatic rings. The van der Waals surface area contributed by atoms with Gasteiger partial charge >= 0.3 is 0 Å². The van der Waals surface area contributed by atoms with E-state index >= 15 is 0 Å². The zero-order valence-electron chi connectivity index (χ0n) is 19.6. The van der Waals surface area contributed by atoms with E-state index in [9.17, 15) is 22.4 Å². The minimum Gasteiger partial charge on any atom is -0.366 e. The molecule has 3 heterocycles. The summed E-state index contributed by atoms with van der Waals surface area (Å²) in [6.07, 6.45) is 0.972. The van der Waals surface area contributed by atoms with Crippen LogP contribution >= 0.6 is 0 Å². The van der Waals surface area contributed by atoms with Gasteiger partial charge in [0.05, 0.1) is 28.3 Å². The number of nitrogens with two attached hydrogens (primary N) is 1. The molecule has 0 spiro atoms. The number of primary amides is 1. The van der Waals surface area contributed by atoms with E-state index < -0.39 is 21.6 Å². The zero-order chi connectivity index (χ0) is 25.1. The van der Waals surface area contributed by atoms with E-state index in [-0.39, 0.29) is 41.5 Å². The molecule has 184 valence electrons. The first kappa shape index (κ1) is 23.5. The number of rotatable bonds is 4. The average molecular weight is 499 g/mol. The lowest BCUT2D eigenvalue weighted by atomic mass is 9.80. The van der Waals surface area contributed by atoms with Crippen LogP contribution in [0.2, 0.25) is 0 Å². The summed E-state index contributed by atoms with van der Waals surface area (Å²) in [6, 6.07) is 9.61. The summed E-state index contributed by atoms with van der Waals surface area (Å²) >= 11 is 0. The molecule has 2 aliphatic heterocycles. The Morgan fingerprint density at radius 2 is 1.80 bits per heavy atom. The number of nitrogens with zero attached hydrogens (tertiary/aromatic N) is 2. The molecule has 10 heteroatoms. The first-order chi connectivity index (χ1) is 16.4. The summed E-state index contributed by atoms with van der Waals surface area (Å²) in [5.41, 5.74) is 12.1. The number of halogens is 1. The van der Waals surface area contributed by atoms with Gasteiger partial charge < -0.3 is 11.2 Å². The Labute approximate surface area is 202 Å². The number of hydrogen-bond acceptors (Lipinski definition) is 6. The molecule has 1 fully saturated rings. The normalized spacial score (nSPS) is 19.5. The minimum absolute atomic E-state index is 0.0198. The summed E-state index contributed by atoms with van der Waals surface area (Å²) in [5.74, 6) is -1.09. The molecule has 0 radical (unpaired) electrons. The van der Waals surface area contributed by atoms with Crippen molar-refractivity contribution >= 4 is 38.2 Å². The van der Waals surface area contributed by atoms with E-state index in [1.54, 1.807) is 33.8 Å². The van der Waals surface area contributed by atoms with Crippen LogP contribution in [0.25, 0.3) is 22.0 Å². The molecule has 35 heavy (non-hydrogen) atoms. The molecular weight excluding hydrogens is 471 g/mol. The number of aromatic nitrogens is 1. The molecule has 0 saturated carbocycles. The highest BCUT2D eigenvalue weighted by Gasteiger charge is 2.35. The highest BCUT2D eigenvalue weighted by Crippen LogP contribution is 2.43.